The van der Waals surface area contributed by atoms with Gasteiger partial charge in [0, 0.05) is 19.6 Å². The Morgan fingerprint density at radius 3 is 2.75 bits per heavy atom. The van der Waals surface area contributed by atoms with Crippen LogP contribution in [0.4, 0.5) is 5.82 Å². The summed E-state index contributed by atoms with van der Waals surface area (Å²) >= 11 is 0. The summed E-state index contributed by atoms with van der Waals surface area (Å²) < 4.78 is 12.0. The second-order valence-electron chi connectivity index (χ2n) is 4.74. The molecule has 2 rings (SSSR count). The number of nitrogens with two attached hydrogens (primary N) is 1. The number of aryl methyl sites for hydroxylation is 1. The molecule has 20 heavy (non-hydrogen) atoms. The molecule has 0 atom stereocenters. The normalized spacial score (nSPS) is 16.3. The fourth-order valence-electron chi connectivity index (χ4n) is 2.29. The van der Waals surface area contributed by atoms with E-state index in [0.29, 0.717) is 30.2 Å². The van der Waals surface area contributed by atoms with Crippen LogP contribution in [0, 0.1) is 6.92 Å². The number of morpholine rings is 1. The fourth-order valence-corrected chi connectivity index (χ4v) is 2.29. The van der Waals surface area contributed by atoms with Gasteiger partial charge in [0.25, 0.3) is 0 Å². The number of hydrogen-bond donors (Lipinski definition) is 1. The molecule has 112 valence electrons. The molecule has 1 aromatic heterocycles. The summed E-state index contributed by atoms with van der Waals surface area (Å²) in [5.74, 6) is -0.0191. The molecular weight excluding hydrogens is 260 g/mol. The molecule has 1 saturated heterocycles. The smallest absolute Gasteiger partial charge is 0.343 e. The molecular formula is C13H22N4O3. The minimum atomic E-state index is -0.403. The van der Waals surface area contributed by atoms with E-state index in [-0.39, 0.29) is 0 Å². The molecule has 1 aliphatic rings. The Morgan fingerprint density at radius 1 is 1.40 bits per heavy atom. The maximum Gasteiger partial charge on any atom is 0.343 e. The highest BCUT2D eigenvalue weighted by Gasteiger charge is 2.21. The van der Waals surface area contributed by atoms with E-state index in [4.69, 9.17) is 15.2 Å². The number of carbonyl (C=O) groups excluding carboxylic acids is 1. The summed E-state index contributed by atoms with van der Waals surface area (Å²) in [6.45, 7) is 8.75. The summed E-state index contributed by atoms with van der Waals surface area (Å²) in [6, 6.07) is 0. The minimum absolute atomic E-state index is 0.330. The lowest BCUT2D eigenvalue weighted by atomic mass is 10.2. The average Bonchev–Trinajstić information content (AvgIpc) is 2.72. The maximum absolute atomic E-state index is 11.8. The molecule has 1 aliphatic heterocycles. The summed E-state index contributed by atoms with van der Waals surface area (Å²) in [4.78, 5) is 14.1. The van der Waals surface area contributed by atoms with Crippen molar-refractivity contribution in [1.29, 1.82) is 0 Å². The molecule has 2 heterocycles. The molecule has 0 saturated carbocycles. The van der Waals surface area contributed by atoms with E-state index in [0.717, 1.165) is 32.8 Å². The van der Waals surface area contributed by atoms with Gasteiger partial charge in [-0.05, 0) is 13.8 Å². The number of esters is 1. The lowest BCUT2D eigenvalue weighted by molar-refractivity contribution is 0.0360. The van der Waals surface area contributed by atoms with Crippen LogP contribution in [-0.4, -0.2) is 60.1 Å². The molecule has 0 radical (unpaired) electrons. The second-order valence-corrected chi connectivity index (χ2v) is 4.74. The van der Waals surface area contributed by atoms with Crippen molar-refractivity contribution < 1.29 is 14.3 Å². The number of nitrogen functional groups attached to an aromatic ring is 1. The van der Waals surface area contributed by atoms with Crippen LogP contribution in [0.25, 0.3) is 0 Å². The molecule has 7 nitrogen and oxygen atoms in total. The van der Waals surface area contributed by atoms with Gasteiger partial charge in [-0.15, -0.1) is 0 Å². The van der Waals surface area contributed by atoms with Gasteiger partial charge < -0.3 is 15.2 Å². The van der Waals surface area contributed by atoms with Crippen LogP contribution in [0.15, 0.2) is 0 Å². The zero-order chi connectivity index (χ0) is 14.5. The third-order valence-corrected chi connectivity index (χ3v) is 3.38. The van der Waals surface area contributed by atoms with Crippen LogP contribution >= 0.6 is 0 Å². The molecule has 0 bridgehead atoms. The zero-order valence-corrected chi connectivity index (χ0v) is 12.1. The van der Waals surface area contributed by atoms with E-state index in [9.17, 15) is 4.79 Å². The van der Waals surface area contributed by atoms with Gasteiger partial charge in [0.2, 0.25) is 0 Å². The quantitative estimate of drug-likeness (QED) is 0.781. The molecule has 1 fully saturated rings. The van der Waals surface area contributed by atoms with E-state index in [1.807, 2.05) is 0 Å². The van der Waals surface area contributed by atoms with E-state index in [2.05, 4.69) is 10.00 Å². The van der Waals surface area contributed by atoms with Crippen LogP contribution in [0.1, 0.15) is 23.0 Å². The third-order valence-electron chi connectivity index (χ3n) is 3.38. The topological polar surface area (TPSA) is 82.6 Å². The van der Waals surface area contributed by atoms with Crippen molar-refractivity contribution in [3.05, 3.63) is 11.3 Å². The second kappa shape index (κ2) is 6.71. The lowest BCUT2D eigenvalue weighted by Crippen LogP contribution is -2.38. The molecule has 0 aliphatic carbocycles. The van der Waals surface area contributed by atoms with Gasteiger partial charge in [-0.25, -0.2) is 9.48 Å². The molecule has 7 heteroatoms. The number of carbonyl (C=O) groups is 1. The van der Waals surface area contributed by atoms with Crippen LogP contribution in [0.5, 0.6) is 0 Å². The molecule has 2 N–H and O–H groups in total. The van der Waals surface area contributed by atoms with Crippen molar-refractivity contribution in [3.63, 3.8) is 0 Å². The Morgan fingerprint density at radius 2 is 2.10 bits per heavy atom. The van der Waals surface area contributed by atoms with Crippen molar-refractivity contribution in [2.45, 2.75) is 20.4 Å². The predicted octanol–water partition coefficient (Wildman–Crippen LogP) is 0.283. The number of rotatable bonds is 5. The number of aromatic nitrogens is 2. The Labute approximate surface area is 118 Å². The highest BCUT2D eigenvalue weighted by atomic mass is 16.5. The first-order valence-corrected chi connectivity index (χ1v) is 6.93. The van der Waals surface area contributed by atoms with Crippen molar-refractivity contribution in [2.24, 2.45) is 0 Å². The molecule has 0 amide bonds. The Hall–Kier alpha value is -1.60. The van der Waals surface area contributed by atoms with Crippen LogP contribution in [-0.2, 0) is 16.0 Å². The van der Waals surface area contributed by atoms with Gasteiger partial charge in [-0.3, -0.25) is 4.90 Å². The standard InChI is InChI=1S/C13H22N4O3/c1-3-20-13(18)11-10(2)15-17(12(11)14)5-4-16-6-8-19-9-7-16/h3-9,14H2,1-2H3. The summed E-state index contributed by atoms with van der Waals surface area (Å²) in [5, 5.41) is 4.33. The minimum Gasteiger partial charge on any atom is -0.462 e. The highest BCUT2D eigenvalue weighted by molar-refractivity contribution is 5.95. The Bertz CT molecular complexity index is 466. The predicted molar refractivity (Wildman–Crippen MR) is 74.6 cm³/mol. The van der Waals surface area contributed by atoms with E-state index >= 15 is 0 Å². The van der Waals surface area contributed by atoms with Gasteiger partial charge in [0.15, 0.2) is 0 Å². The first kappa shape index (κ1) is 14.8. The highest BCUT2D eigenvalue weighted by Crippen LogP contribution is 2.17. The SMILES string of the molecule is CCOC(=O)c1c(C)nn(CCN2CCOCC2)c1N. The number of anilines is 1. The lowest BCUT2D eigenvalue weighted by Gasteiger charge is -2.26. The summed E-state index contributed by atoms with van der Waals surface area (Å²) in [7, 11) is 0. The summed E-state index contributed by atoms with van der Waals surface area (Å²) in [6.07, 6.45) is 0. The van der Waals surface area contributed by atoms with Crippen molar-refractivity contribution in [1.82, 2.24) is 14.7 Å². The molecule has 1 aromatic rings. The van der Waals surface area contributed by atoms with Crippen molar-refractivity contribution in [2.75, 3.05) is 45.2 Å². The largest absolute Gasteiger partial charge is 0.462 e. The summed E-state index contributed by atoms with van der Waals surface area (Å²) in [5.41, 5.74) is 7.00. The maximum atomic E-state index is 11.8. The van der Waals surface area contributed by atoms with Crippen LogP contribution in [0.3, 0.4) is 0 Å². The van der Waals surface area contributed by atoms with E-state index in [1.54, 1.807) is 18.5 Å². The Kier molecular flexibility index (Phi) is 4.97. The van der Waals surface area contributed by atoms with Crippen molar-refractivity contribution >= 4 is 11.8 Å². The van der Waals surface area contributed by atoms with Crippen LogP contribution in [0.2, 0.25) is 0 Å². The van der Waals surface area contributed by atoms with E-state index < -0.39 is 5.97 Å². The molecule has 0 unspecified atom stereocenters. The van der Waals surface area contributed by atoms with Gasteiger partial charge >= 0.3 is 5.97 Å². The first-order valence-electron chi connectivity index (χ1n) is 6.93. The van der Waals surface area contributed by atoms with Gasteiger partial charge in [-0.1, -0.05) is 0 Å². The van der Waals surface area contributed by atoms with Gasteiger partial charge in [-0.2, -0.15) is 5.10 Å². The first-order chi connectivity index (χ1) is 9.63. The third kappa shape index (κ3) is 3.29. The molecule has 0 aromatic carbocycles. The Balaban J connectivity index is 2.01. The van der Waals surface area contributed by atoms with Gasteiger partial charge in [0.05, 0.1) is 32.1 Å². The monoisotopic (exact) mass is 282 g/mol. The zero-order valence-electron chi connectivity index (χ0n) is 12.1. The van der Waals surface area contributed by atoms with Crippen molar-refractivity contribution in [3.8, 4) is 0 Å². The van der Waals surface area contributed by atoms with Gasteiger partial charge in [0.1, 0.15) is 11.4 Å². The number of ether oxygens (including phenoxy) is 2. The number of nitrogens with zero attached hydrogens (tertiary/aromatic N) is 3. The average molecular weight is 282 g/mol. The van der Waals surface area contributed by atoms with Crippen LogP contribution < -0.4 is 5.73 Å². The molecule has 0 spiro atoms. The fraction of sp³-hybridized carbons (Fsp3) is 0.692. The number of hydrogen-bond acceptors (Lipinski definition) is 6. The van der Waals surface area contributed by atoms with E-state index in [1.165, 1.54) is 0 Å².